The van der Waals surface area contributed by atoms with Crippen molar-refractivity contribution in [2.75, 3.05) is 25.6 Å². The second-order valence-corrected chi connectivity index (χ2v) is 6.26. The summed E-state index contributed by atoms with van der Waals surface area (Å²) in [5.74, 6) is -0.233. The Hall–Kier alpha value is -1.20. The summed E-state index contributed by atoms with van der Waals surface area (Å²) in [4.78, 5) is 4.42. The lowest BCUT2D eigenvalue weighted by Gasteiger charge is -2.14. The van der Waals surface area contributed by atoms with Crippen molar-refractivity contribution < 1.29 is 9.13 Å². The Labute approximate surface area is 115 Å². The second-order valence-electron chi connectivity index (χ2n) is 5.23. The molecule has 1 aliphatic carbocycles. The first-order valence-corrected chi connectivity index (χ1v) is 7.31. The first-order chi connectivity index (χ1) is 9.21. The molecule has 0 bridgehead atoms. The smallest absolute Gasteiger partial charge is 0.183 e. The SMILES string of the molecule is COCCC1(CNc2nc3cc(F)ccc3s2)CC1. The highest BCUT2D eigenvalue weighted by atomic mass is 32.1. The molecule has 5 heteroatoms. The van der Waals surface area contributed by atoms with E-state index in [2.05, 4.69) is 10.3 Å². The van der Waals surface area contributed by atoms with Crippen LogP contribution in [0.15, 0.2) is 18.2 Å². The van der Waals surface area contributed by atoms with Crippen LogP contribution in [0.4, 0.5) is 9.52 Å². The number of nitrogens with one attached hydrogen (secondary N) is 1. The van der Waals surface area contributed by atoms with E-state index in [9.17, 15) is 4.39 Å². The van der Waals surface area contributed by atoms with Crippen molar-refractivity contribution in [3.63, 3.8) is 0 Å². The minimum Gasteiger partial charge on any atom is -0.385 e. The van der Waals surface area contributed by atoms with E-state index in [1.165, 1.54) is 25.0 Å². The van der Waals surface area contributed by atoms with Crippen molar-refractivity contribution in [3.8, 4) is 0 Å². The monoisotopic (exact) mass is 280 g/mol. The van der Waals surface area contributed by atoms with Gasteiger partial charge in [0.05, 0.1) is 10.2 Å². The third kappa shape index (κ3) is 2.87. The van der Waals surface area contributed by atoms with E-state index < -0.39 is 0 Å². The van der Waals surface area contributed by atoms with Gasteiger partial charge in [-0.2, -0.15) is 0 Å². The number of hydrogen-bond acceptors (Lipinski definition) is 4. The first-order valence-electron chi connectivity index (χ1n) is 6.50. The van der Waals surface area contributed by atoms with Crippen molar-refractivity contribution in [2.24, 2.45) is 5.41 Å². The number of halogens is 1. The van der Waals surface area contributed by atoms with Crippen LogP contribution in [0.3, 0.4) is 0 Å². The molecular formula is C14H17FN2OS. The van der Waals surface area contributed by atoms with E-state index >= 15 is 0 Å². The Morgan fingerprint density at radius 3 is 3.05 bits per heavy atom. The number of fused-ring (bicyclic) bond motifs is 1. The van der Waals surface area contributed by atoms with Crippen LogP contribution >= 0.6 is 11.3 Å². The van der Waals surface area contributed by atoms with Gasteiger partial charge < -0.3 is 10.1 Å². The Kier molecular flexibility index (Phi) is 3.41. The molecule has 1 aliphatic rings. The average molecular weight is 280 g/mol. The van der Waals surface area contributed by atoms with Crippen LogP contribution in [-0.2, 0) is 4.74 Å². The van der Waals surface area contributed by atoms with Gasteiger partial charge in [-0.1, -0.05) is 11.3 Å². The van der Waals surface area contributed by atoms with E-state index in [1.807, 2.05) is 0 Å². The number of hydrogen-bond donors (Lipinski definition) is 1. The van der Waals surface area contributed by atoms with Crippen LogP contribution in [0.5, 0.6) is 0 Å². The van der Waals surface area contributed by atoms with E-state index in [1.54, 1.807) is 24.5 Å². The summed E-state index contributed by atoms with van der Waals surface area (Å²) in [5, 5.41) is 4.27. The van der Waals surface area contributed by atoms with Crippen LogP contribution in [-0.4, -0.2) is 25.2 Å². The molecule has 3 nitrogen and oxygen atoms in total. The quantitative estimate of drug-likeness (QED) is 0.876. The minimum atomic E-state index is -0.233. The van der Waals surface area contributed by atoms with Crippen molar-refractivity contribution in [2.45, 2.75) is 19.3 Å². The predicted molar refractivity (Wildman–Crippen MR) is 76.2 cm³/mol. The molecule has 102 valence electrons. The normalized spacial score (nSPS) is 16.7. The average Bonchev–Trinajstić information content (AvgIpc) is 3.06. The summed E-state index contributed by atoms with van der Waals surface area (Å²) < 4.78 is 19.3. The predicted octanol–water partition coefficient (Wildman–Crippen LogP) is 3.66. The first kappa shape index (κ1) is 12.8. The zero-order valence-corrected chi connectivity index (χ0v) is 11.7. The third-order valence-electron chi connectivity index (χ3n) is 3.76. The molecule has 0 atom stereocenters. The molecule has 0 radical (unpaired) electrons. The Morgan fingerprint density at radius 1 is 1.47 bits per heavy atom. The molecule has 3 rings (SSSR count). The molecule has 1 heterocycles. The Bertz CT molecular complexity index is 580. The number of thiazole rings is 1. The molecule has 1 aromatic heterocycles. The number of ether oxygens (including phenoxy) is 1. The summed E-state index contributed by atoms with van der Waals surface area (Å²) >= 11 is 1.58. The minimum absolute atomic E-state index is 0.233. The number of aromatic nitrogens is 1. The van der Waals surface area contributed by atoms with Crippen molar-refractivity contribution in [1.29, 1.82) is 0 Å². The van der Waals surface area contributed by atoms with Crippen LogP contribution in [0.1, 0.15) is 19.3 Å². The van der Waals surface area contributed by atoms with Crippen LogP contribution in [0.25, 0.3) is 10.2 Å². The topological polar surface area (TPSA) is 34.1 Å². The van der Waals surface area contributed by atoms with Gasteiger partial charge in [0.15, 0.2) is 5.13 Å². The van der Waals surface area contributed by atoms with E-state index in [-0.39, 0.29) is 5.82 Å². The Morgan fingerprint density at radius 2 is 2.32 bits per heavy atom. The van der Waals surface area contributed by atoms with E-state index in [0.29, 0.717) is 5.41 Å². The van der Waals surface area contributed by atoms with E-state index in [0.717, 1.165) is 34.9 Å². The van der Waals surface area contributed by atoms with E-state index in [4.69, 9.17) is 4.74 Å². The molecule has 0 unspecified atom stereocenters. The highest BCUT2D eigenvalue weighted by Crippen LogP contribution is 2.48. The molecule has 0 aliphatic heterocycles. The standard InChI is InChI=1S/C14H17FN2OS/c1-18-7-6-14(4-5-14)9-16-13-17-11-8-10(15)2-3-12(11)19-13/h2-3,8H,4-7,9H2,1H3,(H,16,17). The molecule has 1 saturated carbocycles. The zero-order valence-electron chi connectivity index (χ0n) is 10.9. The van der Waals surface area contributed by atoms with Crippen LogP contribution in [0.2, 0.25) is 0 Å². The fourth-order valence-corrected chi connectivity index (χ4v) is 3.09. The molecule has 1 aromatic carbocycles. The maximum absolute atomic E-state index is 13.1. The third-order valence-corrected chi connectivity index (χ3v) is 4.75. The summed E-state index contributed by atoms with van der Waals surface area (Å²) in [7, 11) is 1.74. The van der Waals surface area contributed by atoms with Gasteiger partial charge in [-0.15, -0.1) is 0 Å². The summed E-state index contributed by atoms with van der Waals surface area (Å²) in [6, 6.07) is 4.74. The molecule has 19 heavy (non-hydrogen) atoms. The number of methoxy groups -OCH3 is 1. The van der Waals surface area contributed by atoms with Gasteiger partial charge >= 0.3 is 0 Å². The summed E-state index contributed by atoms with van der Waals surface area (Å²) in [5.41, 5.74) is 1.12. The largest absolute Gasteiger partial charge is 0.385 e. The Balaban J connectivity index is 1.65. The molecule has 1 fully saturated rings. The van der Waals surface area contributed by atoms with Crippen LogP contribution in [0, 0.1) is 11.2 Å². The molecule has 0 spiro atoms. The molecule has 2 aromatic rings. The molecule has 0 saturated heterocycles. The van der Waals surface area contributed by atoms with Crippen LogP contribution < -0.4 is 5.32 Å². The van der Waals surface area contributed by atoms with Crippen molar-refractivity contribution >= 4 is 26.7 Å². The van der Waals surface area contributed by atoms with Gasteiger partial charge in [0, 0.05) is 26.3 Å². The lowest BCUT2D eigenvalue weighted by molar-refractivity contribution is 0.175. The number of nitrogens with zero attached hydrogens (tertiary/aromatic N) is 1. The zero-order chi connectivity index (χ0) is 13.3. The number of benzene rings is 1. The van der Waals surface area contributed by atoms with Gasteiger partial charge in [0.2, 0.25) is 0 Å². The molecular weight excluding hydrogens is 263 g/mol. The van der Waals surface area contributed by atoms with Gasteiger partial charge in [-0.05, 0) is 36.8 Å². The van der Waals surface area contributed by atoms with Gasteiger partial charge in [-0.25, -0.2) is 9.37 Å². The highest BCUT2D eigenvalue weighted by Gasteiger charge is 2.41. The summed E-state index contributed by atoms with van der Waals surface area (Å²) in [6.07, 6.45) is 3.60. The van der Waals surface area contributed by atoms with Crippen molar-refractivity contribution in [3.05, 3.63) is 24.0 Å². The number of anilines is 1. The maximum Gasteiger partial charge on any atom is 0.183 e. The highest BCUT2D eigenvalue weighted by molar-refractivity contribution is 7.22. The summed E-state index contributed by atoms with van der Waals surface area (Å²) in [6.45, 7) is 1.74. The lowest BCUT2D eigenvalue weighted by Crippen LogP contribution is -2.17. The van der Waals surface area contributed by atoms with Crippen molar-refractivity contribution in [1.82, 2.24) is 4.98 Å². The maximum atomic E-state index is 13.1. The fraction of sp³-hybridized carbons (Fsp3) is 0.500. The van der Waals surface area contributed by atoms with Gasteiger partial charge in [0.1, 0.15) is 5.82 Å². The van der Waals surface area contributed by atoms with Gasteiger partial charge in [0.25, 0.3) is 0 Å². The fourth-order valence-electron chi connectivity index (χ4n) is 2.25. The van der Waals surface area contributed by atoms with Gasteiger partial charge in [-0.3, -0.25) is 0 Å². The molecule has 1 N–H and O–H groups in total. The lowest BCUT2D eigenvalue weighted by atomic mass is 10.0. The molecule has 0 amide bonds. The second kappa shape index (κ2) is 5.06. The number of rotatable bonds is 6.